The van der Waals surface area contributed by atoms with Crippen LogP contribution in [0.1, 0.15) is 12.8 Å². The van der Waals surface area contributed by atoms with E-state index >= 15 is 0 Å². The van der Waals surface area contributed by atoms with Gasteiger partial charge in [0.2, 0.25) is 0 Å². The SMILES string of the molecule is O=C1O[C@@H]2[C@@H](I)[C@H]3[C@H]4CC[C@H]3[C@H]1[C@@H]42. The summed E-state index contributed by atoms with van der Waals surface area (Å²) >= 11 is 2.52. The second-order valence-corrected chi connectivity index (χ2v) is 6.37. The second kappa shape index (κ2) is 2.07. The molecular formula is C10H11IO2. The number of alkyl halides is 1. The summed E-state index contributed by atoms with van der Waals surface area (Å²) in [6, 6.07) is 0. The summed E-state index contributed by atoms with van der Waals surface area (Å²) < 4.78 is 6.11. The maximum Gasteiger partial charge on any atom is 0.309 e. The highest BCUT2D eigenvalue weighted by Gasteiger charge is 2.72. The number of esters is 1. The third kappa shape index (κ3) is 0.621. The van der Waals surface area contributed by atoms with Gasteiger partial charge in [-0.15, -0.1) is 0 Å². The Hall–Kier alpha value is 0.200. The highest BCUT2D eigenvalue weighted by molar-refractivity contribution is 14.1. The monoisotopic (exact) mass is 290 g/mol. The van der Waals surface area contributed by atoms with Gasteiger partial charge in [0.15, 0.2) is 0 Å². The van der Waals surface area contributed by atoms with E-state index < -0.39 is 0 Å². The Kier molecular flexibility index (Phi) is 1.19. The summed E-state index contributed by atoms with van der Waals surface area (Å²) in [6.45, 7) is 0. The van der Waals surface area contributed by atoms with Gasteiger partial charge >= 0.3 is 5.97 Å². The van der Waals surface area contributed by atoms with Gasteiger partial charge in [-0.2, -0.15) is 0 Å². The molecule has 4 bridgehead atoms. The normalized spacial score (nSPS) is 66.2. The van der Waals surface area contributed by atoms with Gasteiger partial charge in [0.25, 0.3) is 0 Å². The van der Waals surface area contributed by atoms with Gasteiger partial charge in [-0.05, 0) is 30.6 Å². The quantitative estimate of drug-likeness (QED) is 0.385. The van der Waals surface area contributed by atoms with Crippen molar-refractivity contribution < 1.29 is 9.53 Å². The summed E-state index contributed by atoms with van der Waals surface area (Å²) in [5, 5.41) is 0. The fourth-order valence-electron chi connectivity index (χ4n) is 4.55. The van der Waals surface area contributed by atoms with E-state index in [4.69, 9.17) is 4.74 Å². The fourth-order valence-corrected chi connectivity index (χ4v) is 6.24. The predicted molar refractivity (Wildman–Crippen MR) is 54.4 cm³/mol. The Morgan fingerprint density at radius 2 is 2.00 bits per heavy atom. The molecule has 1 heterocycles. The minimum Gasteiger partial charge on any atom is -0.461 e. The summed E-state index contributed by atoms with van der Waals surface area (Å²) in [5.41, 5.74) is 0. The Bertz CT molecular complexity index is 303. The van der Waals surface area contributed by atoms with E-state index in [1.54, 1.807) is 0 Å². The number of fused-ring (bicyclic) bond motifs is 1. The minimum absolute atomic E-state index is 0.131. The zero-order chi connectivity index (χ0) is 8.74. The van der Waals surface area contributed by atoms with Crippen molar-refractivity contribution in [3.05, 3.63) is 0 Å². The van der Waals surface area contributed by atoms with Crippen LogP contribution in [0.3, 0.4) is 0 Å². The van der Waals surface area contributed by atoms with Gasteiger partial charge in [-0.3, -0.25) is 4.79 Å². The van der Waals surface area contributed by atoms with Gasteiger partial charge in [0, 0.05) is 5.92 Å². The Morgan fingerprint density at radius 3 is 2.77 bits per heavy atom. The molecule has 0 N–H and O–H groups in total. The first-order chi connectivity index (χ1) is 6.29. The van der Waals surface area contributed by atoms with Crippen LogP contribution in [0.5, 0.6) is 0 Å². The lowest BCUT2D eigenvalue weighted by atomic mass is 9.76. The third-order valence-corrected chi connectivity index (χ3v) is 6.32. The van der Waals surface area contributed by atoms with E-state index in [1.165, 1.54) is 12.8 Å². The van der Waals surface area contributed by atoms with Gasteiger partial charge in [0.05, 0.1) is 9.84 Å². The number of halogens is 1. The van der Waals surface area contributed by atoms with E-state index in [9.17, 15) is 4.79 Å². The first-order valence-corrected chi connectivity index (χ1v) is 6.38. The molecule has 2 nitrogen and oxygen atoms in total. The number of carbonyl (C=O) groups excluding carboxylic acids is 1. The fraction of sp³-hybridized carbons (Fsp3) is 0.900. The molecule has 0 spiro atoms. The molecule has 1 saturated heterocycles. The van der Waals surface area contributed by atoms with Crippen LogP contribution >= 0.6 is 22.6 Å². The topological polar surface area (TPSA) is 26.3 Å². The van der Waals surface area contributed by atoms with Gasteiger partial charge < -0.3 is 4.74 Å². The number of rotatable bonds is 0. The van der Waals surface area contributed by atoms with Crippen LogP contribution in [0.4, 0.5) is 0 Å². The molecule has 1 aliphatic heterocycles. The average molecular weight is 290 g/mol. The predicted octanol–water partition coefficient (Wildman–Crippen LogP) is 1.62. The van der Waals surface area contributed by atoms with Crippen molar-refractivity contribution in [2.45, 2.75) is 22.9 Å². The first kappa shape index (κ1) is 7.49. The van der Waals surface area contributed by atoms with Crippen molar-refractivity contribution in [2.24, 2.45) is 29.6 Å². The van der Waals surface area contributed by atoms with Gasteiger partial charge in [-0.25, -0.2) is 0 Å². The van der Waals surface area contributed by atoms with Crippen molar-refractivity contribution >= 4 is 28.6 Å². The summed E-state index contributed by atoms with van der Waals surface area (Å²) in [4.78, 5) is 11.6. The molecule has 13 heavy (non-hydrogen) atoms. The van der Waals surface area contributed by atoms with Crippen LogP contribution in [-0.4, -0.2) is 16.0 Å². The van der Waals surface area contributed by atoms with Crippen molar-refractivity contribution in [3.63, 3.8) is 0 Å². The number of hydrogen-bond acceptors (Lipinski definition) is 2. The highest BCUT2D eigenvalue weighted by atomic mass is 127. The maximum atomic E-state index is 11.6. The van der Waals surface area contributed by atoms with E-state index in [2.05, 4.69) is 22.6 Å². The Labute approximate surface area is 90.5 Å². The average Bonchev–Trinajstić information content (AvgIpc) is 2.75. The molecule has 7 atom stereocenters. The molecule has 3 heteroatoms. The van der Waals surface area contributed by atoms with E-state index in [1.807, 2.05) is 0 Å². The summed E-state index contributed by atoms with van der Waals surface area (Å²) in [5.74, 6) is 3.44. The van der Waals surface area contributed by atoms with Crippen LogP contribution in [0.2, 0.25) is 0 Å². The molecule has 0 aromatic carbocycles. The van der Waals surface area contributed by atoms with Gasteiger partial charge in [-0.1, -0.05) is 22.6 Å². The largest absolute Gasteiger partial charge is 0.461 e. The lowest BCUT2D eigenvalue weighted by Gasteiger charge is -2.27. The van der Waals surface area contributed by atoms with E-state index in [0.29, 0.717) is 27.8 Å². The first-order valence-electron chi connectivity index (χ1n) is 5.13. The molecule has 4 aliphatic rings. The van der Waals surface area contributed by atoms with Crippen molar-refractivity contribution in [1.82, 2.24) is 0 Å². The van der Waals surface area contributed by atoms with Crippen LogP contribution in [0, 0.1) is 29.6 Å². The highest BCUT2D eigenvalue weighted by Crippen LogP contribution is 2.69. The third-order valence-electron chi connectivity index (χ3n) is 4.78. The number of ether oxygens (including phenoxy) is 1. The zero-order valence-electron chi connectivity index (χ0n) is 7.15. The standard InChI is InChI=1S/C10H11IO2/c11-8-5-3-1-2-4(5)7-6(3)9(8)13-10(7)12/h3-9H,1-2H2/t3-,4-,5+,6-,7+,8+,9+/m1/s1. The Morgan fingerprint density at radius 1 is 1.23 bits per heavy atom. The molecule has 3 aliphatic carbocycles. The smallest absolute Gasteiger partial charge is 0.309 e. The molecule has 0 unspecified atom stereocenters. The van der Waals surface area contributed by atoms with Crippen LogP contribution in [0.15, 0.2) is 0 Å². The molecule has 0 aromatic heterocycles. The molecule has 4 fully saturated rings. The van der Waals surface area contributed by atoms with Crippen LogP contribution in [-0.2, 0) is 9.53 Å². The molecule has 0 amide bonds. The van der Waals surface area contributed by atoms with Crippen molar-refractivity contribution in [2.75, 3.05) is 0 Å². The minimum atomic E-state index is 0.131. The lowest BCUT2D eigenvalue weighted by molar-refractivity contribution is -0.143. The van der Waals surface area contributed by atoms with Crippen LogP contribution in [0.25, 0.3) is 0 Å². The molecule has 3 saturated carbocycles. The molecule has 4 rings (SSSR count). The summed E-state index contributed by atoms with van der Waals surface area (Å²) in [6.07, 6.45) is 2.95. The van der Waals surface area contributed by atoms with Crippen LogP contribution < -0.4 is 0 Å². The Balaban J connectivity index is 1.91. The second-order valence-electron chi connectivity index (χ2n) is 4.93. The maximum absolute atomic E-state index is 11.6. The van der Waals surface area contributed by atoms with Gasteiger partial charge in [0.1, 0.15) is 6.10 Å². The van der Waals surface area contributed by atoms with E-state index in [0.717, 1.165) is 11.8 Å². The van der Waals surface area contributed by atoms with E-state index in [-0.39, 0.29) is 5.97 Å². The van der Waals surface area contributed by atoms with Crippen molar-refractivity contribution in [3.8, 4) is 0 Å². The summed E-state index contributed by atoms with van der Waals surface area (Å²) in [7, 11) is 0. The number of hydrogen-bond donors (Lipinski definition) is 0. The molecule has 0 radical (unpaired) electrons. The zero-order valence-corrected chi connectivity index (χ0v) is 9.31. The lowest BCUT2D eigenvalue weighted by Crippen LogP contribution is -2.33. The molecule has 0 aromatic rings. The molecular weight excluding hydrogens is 279 g/mol. The van der Waals surface area contributed by atoms with Crippen molar-refractivity contribution in [1.29, 1.82) is 0 Å². The number of carbonyl (C=O) groups is 1. The molecule has 70 valence electrons.